The molecule has 0 aliphatic heterocycles. The van der Waals surface area contributed by atoms with Crippen LogP contribution in [0.15, 0.2) is 48.5 Å². The van der Waals surface area contributed by atoms with Crippen LogP contribution in [0.3, 0.4) is 0 Å². The van der Waals surface area contributed by atoms with Crippen molar-refractivity contribution in [2.24, 2.45) is 0 Å². The fourth-order valence-corrected chi connectivity index (χ4v) is 3.30. The van der Waals surface area contributed by atoms with E-state index in [1.165, 1.54) is 43.2 Å². The van der Waals surface area contributed by atoms with Gasteiger partial charge in [-0.25, -0.2) is 0 Å². The number of carbonyl (C=O) groups excluding carboxylic acids is 1. The minimum absolute atomic E-state index is 0.121. The molecule has 108 valence electrons. The molecular formula is C20H22O. The lowest BCUT2D eigenvalue weighted by Gasteiger charge is -2.22. The molecule has 0 bridgehead atoms. The molecule has 0 N–H and O–H groups in total. The van der Waals surface area contributed by atoms with Crippen LogP contribution in [0.4, 0.5) is 0 Å². The van der Waals surface area contributed by atoms with Crippen LogP contribution in [0.25, 0.3) is 11.1 Å². The summed E-state index contributed by atoms with van der Waals surface area (Å²) in [5.41, 5.74) is 4.57. The molecule has 1 aliphatic carbocycles. The highest BCUT2D eigenvalue weighted by Gasteiger charge is 2.15. The summed E-state index contributed by atoms with van der Waals surface area (Å²) in [7, 11) is 0. The molecule has 1 heteroatoms. The van der Waals surface area contributed by atoms with Crippen LogP contribution in [0, 0.1) is 0 Å². The third kappa shape index (κ3) is 3.24. The van der Waals surface area contributed by atoms with E-state index in [2.05, 4.69) is 30.3 Å². The molecule has 1 nitrogen and oxygen atoms in total. The van der Waals surface area contributed by atoms with E-state index in [4.69, 9.17) is 0 Å². The number of hydrogen-bond acceptors (Lipinski definition) is 1. The van der Waals surface area contributed by atoms with Crippen LogP contribution in [0.5, 0.6) is 0 Å². The van der Waals surface area contributed by atoms with Gasteiger partial charge < -0.3 is 0 Å². The van der Waals surface area contributed by atoms with E-state index in [1.54, 1.807) is 6.92 Å². The molecule has 21 heavy (non-hydrogen) atoms. The summed E-state index contributed by atoms with van der Waals surface area (Å²) in [4.78, 5) is 11.5. The molecule has 0 unspecified atom stereocenters. The quantitative estimate of drug-likeness (QED) is 0.667. The minimum atomic E-state index is 0.121. The Labute approximate surface area is 127 Å². The molecule has 0 spiro atoms. The van der Waals surface area contributed by atoms with Gasteiger partial charge in [-0.05, 0) is 48.4 Å². The molecular weight excluding hydrogens is 256 g/mol. The van der Waals surface area contributed by atoms with E-state index in [1.807, 2.05) is 18.2 Å². The van der Waals surface area contributed by atoms with Crippen LogP contribution in [-0.4, -0.2) is 5.78 Å². The Morgan fingerprint density at radius 1 is 0.905 bits per heavy atom. The second kappa shape index (κ2) is 6.26. The molecule has 0 radical (unpaired) electrons. The monoisotopic (exact) mass is 278 g/mol. The zero-order valence-corrected chi connectivity index (χ0v) is 12.6. The number of carbonyl (C=O) groups is 1. The van der Waals surface area contributed by atoms with Gasteiger partial charge in [-0.1, -0.05) is 61.7 Å². The third-order valence-corrected chi connectivity index (χ3v) is 4.59. The topological polar surface area (TPSA) is 17.1 Å². The summed E-state index contributed by atoms with van der Waals surface area (Å²) in [6.07, 6.45) is 6.80. The van der Waals surface area contributed by atoms with Crippen molar-refractivity contribution < 1.29 is 4.79 Å². The summed E-state index contributed by atoms with van der Waals surface area (Å²) >= 11 is 0. The number of rotatable bonds is 3. The van der Waals surface area contributed by atoms with Gasteiger partial charge in [0.1, 0.15) is 0 Å². The summed E-state index contributed by atoms with van der Waals surface area (Å²) in [5, 5.41) is 0. The Kier molecular flexibility index (Phi) is 4.19. The summed E-state index contributed by atoms with van der Waals surface area (Å²) in [5.74, 6) is 0.868. The van der Waals surface area contributed by atoms with Gasteiger partial charge >= 0.3 is 0 Å². The first kappa shape index (κ1) is 14.1. The lowest BCUT2D eigenvalue weighted by Crippen LogP contribution is -2.04. The number of benzene rings is 2. The molecule has 0 atom stereocenters. The molecule has 1 saturated carbocycles. The van der Waals surface area contributed by atoms with Gasteiger partial charge in [0.2, 0.25) is 0 Å². The summed E-state index contributed by atoms with van der Waals surface area (Å²) < 4.78 is 0. The number of ketones is 1. The van der Waals surface area contributed by atoms with Crippen molar-refractivity contribution >= 4 is 5.78 Å². The third-order valence-electron chi connectivity index (χ3n) is 4.59. The highest BCUT2D eigenvalue weighted by atomic mass is 16.1. The standard InChI is InChI=1S/C20H22O/c1-15(21)19-8-5-9-20(14-19)18-12-10-17(11-13-18)16-6-3-2-4-7-16/h5,8-14,16H,2-4,6-7H2,1H3. The number of hydrogen-bond donors (Lipinski definition) is 0. The van der Waals surface area contributed by atoms with Gasteiger partial charge in [-0.15, -0.1) is 0 Å². The van der Waals surface area contributed by atoms with E-state index < -0.39 is 0 Å². The van der Waals surface area contributed by atoms with Crippen molar-refractivity contribution in [3.8, 4) is 11.1 Å². The molecule has 0 aromatic heterocycles. The Balaban J connectivity index is 1.83. The maximum Gasteiger partial charge on any atom is 0.159 e. The second-order valence-electron chi connectivity index (χ2n) is 6.09. The van der Waals surface area contributed by atoms with Crippen LogP contribution in [-0.2, 0) is 0 Å². The Morgan fingerprint density at radius 3 is 2.29 bits per heavy atom. The van der Waals surface area contributed by atoms with Crippen molar-refractivity contribution in [3.05, 3.63) is 59.7 Å². The summed E-state index contributed by atoms with van der Waals surface area (Å²) in [6.45, 7) is 1.62. The largest absolute Gasteiger partial charge is 0.295 e. The molecule has 1 aliphatic rings. The number of Topliss-reactive ketones (excluding diaryl/α,β-unsaturated/α-hetero) is 1. The zero-order valence-electron chi connectivity index (χ0n) is 12.6. The molecule has 0 saturated heterocycles. The van der Waals surface area contributed by atoms with Crippen molar-refractivity contribution in [2.75, 3.05) is 0 Å². The Morgan fingerprint density at radius 2 is 1.62 bits per heavy atom. The van der Waals surface area contributed by atoms with Crippen molar-refractivity contribution in [2.45, 2.75) is 44.9 Å². The fourth-order valence-electron chi connectivity index (χ4n) is 3.30. The second-order valence-corrected chi connectivity index (χ2v) is 6.09. The van der Waals surface area contributed by atoms with Gasteiger partial charge in [0.25, 0.3) is 0 Å². The van der Waals surface area contributed by atoms with E-state index in [0.29, 0.717) is 0 Å². The molecule has 1 fully saturated rings. The average Bonchev–Trinajstić information content (AvgIpc) is 2.56. The first-order valence-corrected chi connectivity index (χ1v) is 7.95. The highest BCUT2D eigenvalue weighted by Crippen LogP contribution is 2.33. The first-order chi connectivity index (χ1) is 10.2. The van der Waals surface area contributed by atoms with E-state index in [0.717, 1.165) is 17.0 Å². The predicted octanol–water partition coefficient (Wildman–Crippen LogP) is 5.60. The predicted molar refractivity (Wildman–Crippen MR) is 87.7 cm³/mol. The SMILES string of the molecule is CC(=O)c1cccc(-c2ccc(C3CCCCC3)cc2)c1. The van der Waals surface area contributed by atoms with Gasteiger partial charge in [0, 0.05) is 5.56 Å². The van der Waals surface area contributed by atoms with Crippen LogP contribution >= 0.6 is 0 Å². The molecule has 3 rings (SSSR count). The van der Waals surface area contributed by atoms with Crippen LogP contribution in [0.2, 0.25) is 0 Å². The zero-order chi connectivity index (χ0) is 14.7. The lowest BCUT2D eigenvalue weighted by molar-refractivity contribution is 0.101. The molecule has 2 aromatic rings. The van der Waals surface area contributed by atoms with E-state index >= 15 is 0 Å². The molecule has 2 aromatic carbocycles. The normalized spacial score (nSPS) is 15.9. The fraction of sp³-hybridized carbons (Fsp3) is 0.350. The minimum Gasteiger partial charge on any atom is -0.295 e. The smallest absolute Gasteiger partial charge is 0.159 e. The Bertz CT molecular complexity index is 619. The molecule has 0 amide bonds. The lowest BCUT2D eigenvalue weighted by atomic mass is 9.83. The molecule has 0 heterocycles. The first-order valence-electron chi connectivity index (χ1n) is 7.95. The van der Waals surface area contributed by atoms with Crippen molar-refractivity contribution in [3.63, 3.8) is 0 Å². The maximum absolute atomic E-state index is 11.5. The Hall–Kier alpha value is -1.89. The van der Waals surface area contributed by atoms with Crippen molar-refractivity contribution in [1.29, 1.82) is 0 Å². The average molecular weight is 278 g/mol. The van der Waals surface area contributed by atoms with Crippen LogP contribution < -0.4 is 0 Å². The maximum atomic E-state index is 11.5. The van der Waals surface area contributed by atoms with Gasteiger partial charge in [-0.2, -0.15) is 0 Å². The van der Waals surface area contributed by atoms with E-state index in [9.17, 15) is 4.79 Å². The van der Waals surface area contributed by atoms with Crippen LogP contribution in [0.1, 0.15) is 60.9 Å². The van der Waals surface area contributed by atoms with Crippen molar-refractivity contribution in [1.82, 2.24) is 0 Å². The summed E-state index contributed by atoms with van der Waals surface area (Å²) in [6, 6.07) is 16.8. The van der Waals surface area contributed by atoms with E-state index in [-0.39, 0.29) is 5.78 Å². The van der Waals surface area contributed by atoms with Gasteiger partial charge in [0.15, 0.2) is 5.78 Å². The highest BCUT2D eigenvalue weighted by molar-refractivity contribution is 5.95. The van der Waals surface area contributed by atoms with Gasteiger partial charge in [-0.3, -0.25) is 4.79 Å². The van der Waals surface area contributed by atoms with Gasteiger partial charge in [0.05, 0.1) is 0 Å².